The molecule has 0 aromatic carbocycles. The van der Waals surface area contributed by atoms with Crippen molar-refractivity contribution in [3.05, 3.63) is 11.1 Å². The van der Waals surface area contributed by atoms with Crippen molar-refractivity contribution in [3.8, 4) is 0 Å². The number of allylic oxidation sites excluding steroid dienone is 1. The molecule has 3 nitrogen and oxygen atoms in total. The predicted octanol–water partition coefficient (Wildman–Crippen LogP) is 2.47. The van der Waals surface area contributed by atoms with E-state index >= 15 is 0 Å². The summed E-state index contributed by atoms with van der Waals surface area (Å²) in [7, 11) is -6.23. The predicted molar refractivity (Wildman–Crippen MR) is 32.3 cm³/mol. The molecule has 0 saturated carbocycles. The standard InChI is InChI=1S/C4H2F7O3P/c5-2(15(12,13)14)1(3(6,7)8)4(9,10)11/h(H2,12,13,14). The summed E-state index contributed by atoms with van der Waals surface area (Å²) in [4.78, 5) is 15.7. The first-order valence-electron chi connectivity index (χ1n) is 2.88. The maximum Gasteiger partial charge on any atom is 0.424 e. The molecule has 15 heavy (non-hydrogen) atoms. The molecule has 0 bridgehead atoms. The van der Waals surface area contributed by atoms with Crippen LogP contribution in [-0.4, -0.2) is 22.1 Å². The van der Waals surface area contributed by atoms with Crippen LogP contribution in [0.4, 0.5) is 30.7 Å². The fourth-order valence-corrected chi connectivity index (χ4v) is 1.09. The van der Waals surface area contributed by atoms with Crippen LogP contribution >= 0.6 is 7.60 Å². The van der Waals surface area contributed by atoms with Crippen molar-refractivity contribution >= 4 is 7.60 Å². The number of alkyl halides is 6. The monoisotopic (exact) mass is 262 g/mol. The third kappa shape index (κ3) is 3.80. The van der Waals surface area contributed by atoms with Gasteiger partial charge in [0, 0.05) is 0 Å². The molecule has 0 aliphatic carbocycles. The minimum atomic E-state index is -6.23. The summed E-state index contributed by atoms with van der Waals surface area (Å²) in [6.07, 6.45) is -12.5. The lowest BCUT2D eigenvalue weighted by molar-refractivity contribution is -0.174. The molecule has 90 valence electrons. The Labute approximate surface area is 77.4 Å². The summed E-state index contributed by atoms with van der Waals surface area (Å²) in [5, 5.41) is 0. The minimum absolute atomic E-state index is 3.54. The highest BCUT2D eigenvalue weighted by molar-refractivity contribution is 7.56. The number of hydrogen-bond donors (Lipinski definition) is 2. The van der Waals surface area contributed by atoms with Crippen LogP contribution in [0, 0.1) is 0 Å². The number of hydrogen-bond acceptors (Lipinski definition) is 1. The van der Waals surface area contributed by atoms with E-state index in [1.807, 2.05) is 0 Å². The van der Waals surface area contributed by atoms with Gasteiger partial charge in [-0.2, -0.15) is 30.7 Å². The van der Waals surface area contributed by atoms with Crippen LogP contribution in [0.25, 0.3) is 0 Å². The maximum absolute atomic E-state index is 12.2. The summed E-state index contributed by atoms with van der Waals surface area (Å²) >= 11 is 0. The largest absolute Gasteiger partial charge is 0.424 e. The number of halogens is 7. The Morgan fingerprint density at radius 3 is 1.27 bits per heavy atom. The average molecular weight is 262 g/mol. The molecule has 2 N–H and O–H groups in total. The third-order valence-corrected chi connectivity index (χ3v) is 1.76. The zero-order valence-corrected chi connectivity index (χ0v) is 7.29. The quantitative estimate of drug-likeness (QED) is 0.563. The first-order chi connectivity index (χ1) is 6.28. The van der Waals surface area contributed by atoms with Crippen molar-refractivity contribution in [1.82, 2.24) is 0 Å². The van der Waals surface area contributed by atoms with Crippen LogP contribution in [-0.2, 0) is 4.57 Å². The lowest BCUT2D eigenvalue weighted by atomic mass is 10.3. The van der Waals surface area contributed by atoms with Crippen molar-refractivity contribution in [2.24, 2.45) is 0 Å². The number of rotatable bonds is 1. The Balaban J connectivity index is 5.83. The van der Waals surface area contributed by atoms with Gasteiger partial charge >= 0.3 is 19.9 Å². The van der Waals surface area contributed by atoms with E-state index in [0.29, 0.717) is 0 Å². The zero-order chi connectivity index (χ0) is 12.7. The normalized spacial score (nSPS) is 13.9. The molecule has 0 amide bonds. The Bertz CT molecular complexity index is 304. The molecule has 0 fully saturated rings. The van der Waals surface area contributed by atoms with Gasteiger partial charge in [-0.1, -0.05) is 0 Å². The molecular weight excluding hydrogens is 260 g/mol. The van der Waals surface area contributed by atoms with E-state index in [-0.39, 0.29) is 0 Å². The van der Waals surface area contributed by atoms with Gasteiger partial charge in [0.05, 0.1) is 0 Å². The zero-order valence-electron chi connectivity index (χ0n) is 6.40. The molecular formula is C4H2F7O3P. The van der Waals surface area contributed by atoms with E-state index in [2.05, 4.69) is 0 Å². The first kappa shape index (κ1) is 14.4. The molecule has 0 aliphatic heterocycles. The van der Waals surface area contributed by atoms with E-state index in [4.69, 9.17) is 9.79 Å². The summed E-state index contributed by atoms with van der Waals surface area (Å²) in [6.45, 7) is 0. The Morgan fingerprint density at radius 1 is 0.933 bits per heavy atom. The maximum atomic E-state index is 12.2. The molecule has 0 aliphatic rings. The van der Waals surface area contributed by atoms with Gasteiger partial charge in [0.2, 0.25) is 5.57 Å². The van der Waals surface area contributed by atoms with Gasteiger partial charge in [0.15, 0.2) is 5.57 Å². The Morgan fingerprint density at radius 2 is 1.20 bits per heavy atom. The van der Waals surface area contributed by atoms with Crippen molar-refractivity contribution in [1.29, 1.82) is 0 Å². The fourth-order valence-electron chi connectivity index (χ4n) is 0.540. The van der Waals surface area contributed by atoms with Crippen molar-refractivity contribution in [3.63, 3.8) is 0 Å². The molecule has 0 aromatic heterocycles. The van der Waals surface area contributed by atoms with E-state index in [1.54, 1.807) is 0 Å². The highest BCUT2D eigenvalue weighted by Crippen LogP contribution is 2.54. The van der Waals surface area contributed by atoms with Gasteiger partial charge in [-0.05, 0) is 0 Å². The van der Waals surface area contributed by atoms with Crippen LogP contribution in [0.15, 0.2) is 11.1 Å². The summed E-state index contributed by atoms with van der Waals surface area (Å²) < 4.78 is 92.0. The Kier molecular flexibility index (Phi) is 3.61. The van der Waals surface area contributed by atoms with E-state index in [9.17, 15) is 35.3 Å². The highest BCUT2D eigenvalue weighted by Gasteiger charge is 2.56. The fraction of sp³-hybridized carbons (Fsp3) is 0.500. The lowest BCUT2D eigenvalue weighted by Gasteiger charge is -2.16. The molecule has 0 rings (SSSR count). The highest BCUT2D eigenvalue weighted by atomic mass is 31.2. The lowest BCUT2D eigenvalue weighted by Crippen LogP contribution is -2.27. The summed E-state index contributed by atoms with van der Waals surface area (Å²) in [6, 6.07) is 0. The summed E-state index contributed by atoms with van der Waals surface area (Å²) in [5.74, 6) is 0. The smallest absolute Gasteiger partial charge is 0.319 e. The van der Waals surface area contributed by atoms with Gasteiger partial charge in [0.1, 0.15) is 0 Å². The van der Waals surface area contributed by atoms with Gasteiger partial charge in [-0.25, -0.2) is 0 Å². The molecule has 0 unspecified atom stereocenters. The SMILES string of the molecule is O=P(O)(O)C(F)=C(C(F)(F)F)C(F)(F)F. The van der Waals surface area contributed by atoms with E-state index in [0.717, 1.165) is 0 Å². The van der Waals surface area contributed by atoms with Crippen molar-refractivity contribution in [2.75, 3.05) is 0 Å². The Hall–Kier alpha value is -0.600. The second kappa shape index (κ2) is 3.76. The van der Waals surface area contributed by atoms with Gasteiger partial charge in [-0.15, -0.1) is 0 Å². The summed E-state index contributed by atoms with van der Waals surface area (Å²) in [5.41, 5.74) is -7.37. The molecule has 0 aromatic rings. The van der Waals surface area contributed by atoms with E-state index in [1.165, 1.54) is 0 Å². The van der Waals surface area contributed by atoms with Gasteiger partial charge in [-0.3, -0.25) is 4.57 Å². The molecule has 0 radical (unpaired) electrons. The molecule has 0 spiro atoms. The average Bonchev–Trinajstić information content (AvgIpc) is 1.76. The van der Waals surface area contributed by atoms with Gasteiger partial charge in [0.25, 0.3) is 0 Å². The molecule has 11 heteroatoms. The van der Waals surface area contributed by atoms with Crippen LogP contribution in [0.3, 0.4) is 0 Å². The first-order valence-corrected chi connectivity index (χ1v) is 4.49. The van der Waals surface area contributed by atoms with E-state index < -0.39 is 31.1 Å². The second-order valence-electron chi connectivity index (χ2n) is 2.21. The second-order valence-corrected chi connectivity index (χ2v) is 3.69. The third-order valence-electron chi connectivity index (χ3n) is 1.03. The van der Waals surface area contributed by atoms with Crippen molar-refractivity contribution < 1.29 is 45.1 Å². The molecule has 0 saturated heterocycles. The minimum Gasteiger partial charge on any atom is -0.319 e. The molecule has 0 heterocycles. The van der Waals surface area contributed by atoms with Crippen LogP contribution in [0.2, 0.25) is 0 Å². The molecule has 0 atom stereocenters. The van der Waals surface area contributed by atoms with Crippen LogP contribution in [0.1, 0.15) is 0 Å². The topological polar surface area (TPSA) is 57.5 Å². The van der Waals surface area contributed by atoms with Crippen molar-refractivity contribution in [2.45, 2.75) is 12.4 Å². The van der Waals surface area contributed by atoms with Gasteiger partial charge < -0.3 is 9.79 Å². The van der Waals surface area contributed by atoms with Crippen LogP contribution < -0.4 is 0 Å². The van der Waals surface area contributed by atoms with Crippen LogP contribution in [0.5, 0.6) is 0 Å².